The Bertz CT molecular complexity index is 916. The normalized spacial score (nSPS) is 11.3. The summed E-state index contributed by atoms with van der Waals surface area (Å²) in [5.74, 6) is -2.95. The van der Waals surface area contributed by atoms with Crippen molar-refractivity contribution < 1.29 is 34.1 Å². The molecule has 164 valence electrons. The van der Waals surface area contributed by atoms with Gasteiger partial charge in [0.05, 0.1) is 12.6 Å². The molecule has 0 radical (unpaired) electrons. The van der Waals surface area contributed by atoms with E-state index in [2.05, 4.69) is 5.32 Å². The van der Waals surface area contributed by atoms with Crippen LogP contribution >= 0.6 is 0 Å². The van der Waals surface area contributed by atoms with Crippen molar-refractivity contribution in [3.8, 4) is 5.75 Å². The van der Waals surface area contributed by atoms with Gasteiger partial charge in [0, 0.05) is 0 Å². The quantitative estimate of drug-likeness (QED) is 0.452. The van der Waals surface area contributed by atoms with Crippen LogP contribution in [0.25, 0.3) is 0 Å². The molecule has 0 spiro atoms. The molecule has 5 N–H and O–H groups in total. The van der Waals surface area contributed by atoms with Crippen LogP contribution in [0, 0.1) is 0 Å². The van der Waals surface area contributed by atoms with E-state index in [0.29, 0.717) is 16.0 Å². The van der Waals surface area contributed by atoms with E-state index in [1.54, 1.807) is 42.5 Å². The average molecular weight is 429 g/mol. The Morgan fingerprint density at radius 2 is 1.65 bits per heavy atom. The molecule has 2 aromatic rings. The molecule has 0 saturated carbocycles. The Balaban J connectivity index is 1.89. The molecule has 31 heavy (non-hydrogen) atoms. The lowest BCUT2D eigenvalue weighted by Gasteiger charge is -2.19. The van der Waals surface area contributed by atoms with Gasteiger partial charge in [0.1, 0.15) is 18.9 Å². The number of carboxylic acids is 1. The van der Waals surface area contributed by atoms with Gasteiger partial charge in [-0.3, -0.25) is 14.4 Å². The van der Waals surface area contributed by atoms with Gasteiger partial charge in [0.15, 0.2) is 0 Å². The fourth-order valence-corrected chi connectivity index (χ4v) is 2.55. The number of carboxylic acid groups (broad SMARTS) is 1. The van der Waals surface area contributed by atoms with E-state index in [-0.39, 0.29) is 18.8 Å². The number of aromatic hydroxyl groups is 1. The summed E-state index contributed by atoms with van der Waals surface area (Å²) in [5, 5.41) is 20.6. The highest BCUT2D eigenvalue weighted by atomic mass is 16.6. The van der Waals surface area contributed by atoms with Crippen LogP contribution in [0.3, 0.4) is 0 Å². The number of carbonyl (C=O) groups excluding carboxylic acids is 3. The number of hydrogen-bond donors (Lipinski definition) is 4. The Labute approximate surface area is 178 Å². The molecule has 0 heterocycles. The van der Waals surface area contributed by atoms with Crippen LogP contribution < -0.4 is 11.1 Å². The number of nitrogens with zero attached hydrogens (tertiary/aromatic N) is 1. The summed E-state index contributed by atoms with van der Waals surface area (Å²) in [4.78, 5) is 48.1. The molecule has 0 aliphatic heterocycles. The topological polar surface area (TPSA) is 159 Å². The van der Waals surface area contributed by atoms with Crippen molar-refractivity contribution in [2.75, 3.05) is 13.1 Å². The number of nitrogens with one attached hydrogen (secondary N) is 1. The molecule has 0 aliphatic rings. The minimum Gasteiger partial charge on any atom is -0.508 e. The van der Waals surface area contributed by atoms with Gasteiger partial charge in [-0.2, -0.15) is 0 Å². The molecule has 10 heteroatoms. The molecule has 3 amide bonds. The molecule has 1 unspecified atom stereocenters. The van der Waals surface area contributed by atoms with Crippen molar-refractivity contribution in [1.29, 1.82) is 0 Å². The lowest BCUT2D eigenvalue weighted by Crippen LogP contribution is -2.49. The molecular formula is C21H23N3O7. The van der Waals surface area contributed by atoms with Gasteiger partial charge in [0.25, 0.3) is 5.91 Å². The van der Waals surface area contributed by atoms with Gasteiger partial charge >= 0.3 is 12.1 Å². The molecule has 0 aliphatic carbocycles. The largest absolute Gasteiger partial charge is 0.508 e. The monoisotopic (exact) mass is 429 g/mol. The van der Waals surface area contributed by atoms with Crippen molar-refractivity contribution in [2.45, 2.75) is 19.1 Å². The highest BCUT2D eigenvalue weighted by molar-refractivity contribution is 5.97. The first-order chi connectivity index (χ1) is 14.8. The third-order valence-corrected chi connectivity index (χ3v) is 4.16. The van der Waals surface area contributed by atoms with E-state index < -0.39 is 43.0 Å². The summed E-state index contributed by atoms with van der Waals surface area (Å²) in [6, 6.07) is 13.8. The number of ether oxygens (including phenoxy) is 1. The maximum Gasteiger partial charge on any atom is 0.417 e. The Hall–Kier alpha value is -3.92. The number of phenols is 1. The van der Waals surface area contributed by atoms with Crippen LogP contribution in [0.2, 0.25) is 0 Å². The van der Waals surface area contributed by atoms with Gasteiger partial charge in [-0.1, -0.05) is 42.5 Å². The molecule has 0 fully saturated rings. The van der Waals surface area contributed by atoms with Crippen LogP contribution in [0.5, 0.6) is 5.75 Å². The predicted octanol–water partition coefficient (Wildman–Crippen LogP) is 0.628. The third kappa shape index (κ3) is 7.78. The summed E-state index contributed by atoms with van der Waals surface area (Å²) in [6.45, 7) is -1.69. The van der Waals surface area contributed by atoms with Gasteiger partial charge in [-0.25, -0.2) is 9.69 Å². The maximum atomic E-state index is 12.3. The number of hydrogen-bond acceptors (Lipinski definition) is 7. The average Bonchev–Trinajstić information content (AvgIpc) is 2.76. The highest BCUT2D eigenvalue weighted by Crippen LogP contribution is 2.11. The molecule has 0 saturated heterocycles. The predicted molar refractivity (Wildman–Crippen MR) is 109 cm³/mol. The van der Waals surface area contributed by atoms with Gasteiger partial charge in [0.2, 0.25) is 5.91 Å². The van der Waals surface area contributed by atoms with E-state index in [1.165, 1.54) is 12.1 Å². The van der Waals surface area contributed by atoms with E-state index >= 15 is 0 Å². The fraction of sp³-hybridized carbons (Fsp3) is 0.238. The second-order valence-electron chi connectivity index (χ2n) is 6.61. The van der Waals surface area contributed by atoms with Crippen molar-refractivity contribution in [1.82, 2.24) is 10.2 Å². The first kappa shape index (κ1) is 23.4. The lowest BCUT2D eigenvalue weighted by atomic mass is 10.1. The third-order valence-electron chi connectivity index (χ3n) is 4.16. The summed E-state index contributed by atoms with van der Waals surface area (Å²) in [6.07, 6.45) is -0.989. The number of rotatable bonds is 9. The number of benzene rings is 2. The van der Waals surface area contributed by atoms with E-state index in [1.807, 2.05) is 0 Å². The first-order valence-corrected chi connectivity index (χ1v) is 9.30. The van der Waals surface area contributed by atoms with E-state index in [0.717, 1.165) is 0 Å². The maximum absolute atomic E-state index is 12.3. The molecule has 0 bridgehead atoms. The Kier molecular flexibility index (Phi) is 8.52. The van der Waals surface area contributed by atoms with Crippen LogP contribution in [-0.4, -0.2) is 58.1 Å². The highest BCUT2D eigenvalue weighted by Gasteiger charge is 2.26. The number of phenolic OH excluding ortho intramolecular Hbond substituents is 1. The molecule has 2 rings (SSSR count). The number of imide groups is 1. The number of carbonyl (C=O) groups is 4. The van der Waals surface area contributed by atoms with Crippen molar-refractivity contribution in [3.63, 3.8) is 0 Å². The zero-order valence-corrected chi connectivity index (χ0v) is 16.6. The smallest absolute Gasteiger partial charge is 0.417 e. The second kappa shape index (κ2) is 11.3. The summed E-state index contributed by atoms with van der Waals surface area (Å²) >= 11 is 0. The fourth-order valence-electron chi connectivity index (χ4n) is 2.55. The second-order valence-corrected chi connectivity index (χ2v) is 6.61. The first-order valence-electron chi connectivity index (χ1n) is 9.30. The Morgan fingerprint density at radius 3 is 2.26 bits per heavy atom. The molecule has 2 aromatic carbocycles. The van der Waals surface area contributed by atoms with Gasteiger partial charge < -0.3 is 26.0 Å². The summed E-state index contributed by atoms with van der Waals surface area (Å²) < 4.78 is 5.00. The standard InChI is InChI=1S/C21H23N3O7/c22-17(10-14-6-8-16(25)9-7-14)20(29)23-11-18(26)24(12-19(27)28)21(30)31-13-15-4-2-1-3-5-15/h1-9,17,25H,10-13,22H2,(H,23,29)(H,27,28). The Morgan fingerprint density at radius 1 is 1.00 bits per heavy atom. The minimum atomic E-state index is -1.42. The molecule has 0 aromatic heterocycles. The van der Waals surface area contributed by atoms with Gasteiger partial charge in [-0.15, -0.1) is 0 Å². The van der Waals surface area contributed by atoms with Gasteiger partial charge in [-0.05, 0) is 29.7 Å². The number of nitrogens with two attached hydrogens (primary N) is 1. The number of aliphatic carboxylic acids is 1. The van der Waals surface area contributed by atoms with E-state index in [4.69, 9.17) is 15.6 Å². The lowest BCUT2D eigenvalue weighted by molar-refractivity contribution is -0.143. The zero-order chi connectivity index (χ0) is 22.8. The van der Waals surface area contributed by atoms with Crippen LogP contribution in [0.4, 0.5) is 4.79 Å². The zero-order valence-electron chi connectivity index (χ0n) is 16.6. The minimum absolute atomic E-state index is 0.0741. The van der Waals surface area contributed by atoms with Crippen molar-refractivity contribution >= 4 is 23.9 Å². The molecule has 1 atom stereocenters. The van der Waals surface area contributed by atoms with Crippen LogP contribution in [-0.2, 0) is 32.1 Å². The molecular weight excluding hydrogens is 406 g/mol. The summed E-state index contributed by atoms with van der Waals surface area (Å²) in [5.41, 5.74) is 7.17. The van der Waals surface area contributed by atoms with E-state index in [9.17, 15) is 24.3 Å². The van der Waals surface area contributed by atoms with Crippen molar-refractivity contribution in [3.05, 3.63) is 65.7 Å². The SMILES string of the molecule is NC(Cc1ccc(O)cc1)C(=O)NCC(=O)N(CC(=O)O)C(=O)OCc1ccccc1. The van der Waals surface area contributed by atoms with Crippen LogP contribution in [0.15, 0.2) is 54.6 Å². The number of amides is 3. The van der Waals surface area contributed by atoms with Crippen LogP contribution in [0.1, 0.15) is 11.1 Å². The molecule has 10 nitrogen and oxygen atoms in total. The summed E-state index contributed by atoms with van der Waals surface area (Å²) in [7, 11) is 0. The van der Waals surface area contributed by atoms with Crippen molar-refractivity contribution in [2.24, 2.45) is 5.73 Å².